The average Bonchev–Trinajstić information content (AvgIpc) is 2.53. The molecule has 0 aliphatic rings. The van der Waals surface area contributed by atoms with Crippen molar-refractivity contribution in [3.63, 3.8) is 0 Å². The molecule has 0 saturated carbocycles. The SMILES string of the molecule is Cc1cc(-c2ccccc2F)c(P(=O)(O)O)c(-c2ccccc2F)c1. The molecule has 0 aliphatic heterocycles. The van der Waals surface area contributed by atoms with Crippen molar-refractivity contribution in [1.82, 2.24) is 0 Å². The van der Waals surface area contributed by atoms with Gasteiger partial charge in [0.05, 0.1) is 5.30 Å². The van der Waals surface area contributed by atoms with Gasteiger partial charge in [0.15, 0.2) is 0 Å². The Balaban J connectivity index is 2.44. The molecule has 0 amide bonds. The molecule has 0 spiro atoms. The van der Waals surface area contributed by atoms with Crippen molar-refractivity contribution in [2.75, 3.05) is 0 Å². The molecular weight excluding hydrogens is 345 g/mol. The number of rotatable bonds is 3. The zero-order chi connectivity index (χ0) is 18.2. The first-order chi connectivity index (χ1) is 11.8. The molecule has 2 N–H and O–H groups in total. The van der Waals surface area contributed by atoms with Crippen molar-refractivity contribution in [2.24, 2.45) is 0 Å². The Hall–Kier alpha value is -2.33. The number of halogens is 2. The Labute approximate surface area is 143 Å². The molecule has 3 rings (SSSR count). The molecule has 3 nitrogen and oxygen atoms in total. The van der Waals surface area contributed by atoms with Crippen LogP contribution < -0.4 is 5.30 Å². The first kappa shape index (κ1) is 17.5. The molecule has 0 fully saturated rings. The van der Waals surface area contributed by atoms with E-state index in [2.05, 4.69) is 0 Å². The summed E-state index contributed by atoms with van der Waals surface area (Å²) in [7, 11) is -4.82. The normalized spacial score (nSPS) is 11.6. The second kappa shape index (κ2) is 6.52. The molecule has 0 saturated heterocycles. The highest BCUT2D eigenvalue weighted by Gasteiger charge is 2.29. The van der Waals surface area contributed by atoms with E-state index < -0.39 is 19.2 Å². The van der Waals surface area contributed by atoms with Crippen molar-refractivity contribution in [3.05, 3.63) is 77.9 Å². The summed E-state index contributed by atoms with van der Waals surface area (Å²) < 4.78 is 40.7. The maximum Gasteiger partial charge on any atom is 0.357 e. The van der Waals surface area contributed by atoms with Gasteiger partial charge in [-0.1, -0.05) is 48.5 Å². The summed E-state index contributed by atoms with van der Waals surface area (Å²) in [4.78, 5) is 19.8. The van der Waals surface area contributed by atoms with Crippen molar-refractivity contribution in [2.45, 2.75) is 6.92 Å². The van der Waals surface area contributed by atoms with Gasteiger partial charge in [-0.2, -0.15) is 0 Å². The summed E-state index contributed by atoms with van der Waals surface area (Å²) in [5.74, 6) is -1.22. The van der Waals surface area contributed by atoms with Crippen LogP contribution in [0.2, 0.25) is 0 Å². The third-order valence-corrected chi connectivity index (χ3v) is 4.94. The maximum atomic E-state index is 14.3. The highest BCUT2D eigenvalue weighted by molar-refractivity contribution is 7.61. The van der Waals surface area contributed by atoms with Gasteiger partial charge in [-0.25, -0.2) is 8.78 Å². The Morgan fingerprint density at radius 2 is 1.16 bits per heavy atom. The van der Waals surface area contributed by atoms with Crippen LogP contribution in [0.1, 0.15) is 5.56 Å². The predicted molar refractivity (Wildman–Crippen MR) is 93.6 cm³/mol. The van der Waals surface area contributed by atoms with E-state index in [0.29, 0.717) is 5.56 Å². The van der Waals surface area contributed by atoms with Gasteiger partial charge < -0.3 is 9.79 Å². The molecule has 0 aromatic heterocycles. The Kier molecular flexibility index (Phi) is 4.56. The number of hydrogen-bond donors (Lipinski definition) is 2. The van der Waals surface area contributed by atoms with E-state index in [9.17, 15) is 23.1 Å². The van der Waals surface area contributed by atoms with Gasteiger partial charge in [0.1, 0.15) is 11.6 Å². The monoisotopic (exact) mass is 360 g/mol. The minimum atomic E-state index is -4.82. The van der Waals surface area contributed by atoms with Crippen LogP contribution in [0, 0.1) is 18.6 Å². The topological polar surface area (TPSA) is 57.5 Å². The zero-order valence-electron chi connectivity index (χ0n) is 13.3. The number of hydrogen-bond acceptors (Lipinski definition) is 1. The van der Waals surface area contributed by atoms with Crippen molar-refractivity contribution < 1.29 is 23.1 Å². The molecule has 0 bridgehead atoms. The lowest BCUT2D eigenvalue weighted by molar-refractivity contribution is 0.387. The van der Waals surface area contributed by atoms with Crippen LogP contribution in [0.3, 0.4) is 0 Å². The van der Waals surface area contributed by atoms with E-state index in [1.165, 1.54) is 48.5 Å². The van der Waals surface area contributed by atoms with E-state index >= 15 is 0 Å². The van der Waals surface area contributed by atoms with Gasteiger partial charge >= 0.3 is 7.60 Å². The predicted octanol–water partition coefficient (Wildman–Crippen LogP) is 4.41. The molecule has 128 valence electrons. The largest absolute Gasteiger partial charge is 0.357 e. The van der Waals surface area contributed by atoms with Gasteiger partial charge in [-0.3, -0.25) is 4.57 Å². The van der Waals surface area contributed by atoms with E-state index in [1.54, 1.807) is 19.1 Å². The Morgan fingerprint density at radius 3 is 1.52 bits per heavy atom. The highest BCUT2D eigenvalue weighted by Crippen LogP contribution is 2.43. The van der Waals surface area contributed by atoms with E-state index in [-0.39, 0.29) is 27.6 Å². The molecule has 6 heteroatoms. The second-order valence-corrected chi connectivity index (χ2v) is 7.25. The lowest BCUT2D eigenvalue weighted by Crippen LogP contribution is -2.13. The Morgan fingerprint density at radius 1 is 0.760 bits per heavy atom. The molecule has 0 aliphatic carbocycles. The summed E-state index contributed by atoms with van der Waals surface area (Å²) in [5.41, 5.74) is 0.868. The van der Waals surface area contributed by atoms with Crippen molar-refractivity contribution >= 4 is 12.9 Å². The second-order valence-electron chi connectivity index (χ2n) is 5.71. The lowest BCUT2D eigenvalue weighted by Gasteiger charge is -2.18. The number of aryl methyl sites for hydroxylation is 1. The van der Waals surface area contributed by atoms with E-state index in [1.807, 2.05) is 0 Å². The van der Waals surface area contributed by atoms with Crippen LogP contribution in [0.5, 0.6) is 0 Å². The van der Waals surface area contributed by atoms with Gasteiger partial charge in [0.25, 0.3) is 0 Å². The first-order valence-electron chi connectivity index (χ1n) is 7.49. The van der Waals surface area contributed by atoms with Crippen molar-refractivity contribution in [1.29, 1.82) is 0 Å². The summed E-state index contributed by atoms with van der Waals surface area (Å²) in [6, 6.07) is 14.4. The summed E-state index contributed by atoms with van der Waals surface area (Å²) in [6.45, 7) is 1.71. The standard InChI is InChI=1S/C19H15F2O3P/c1-12-10-15(13-6-2-4-8-17(13)20)19(25(22,23)24)16(11-12)14-7-3-5-9-18(14)21/h2-11H,1H3,(H2,22,23,24). The molecular formula is C19H15F2O3P. The molecule has 0 heterocycles. The highest BCUT2D eigenvalue weighted by atomic mass is 31.2. The fraction of sp³-hybridized carbons (Fsp3) is 0.0526. The van der Waals surface area contributed by atoms with E-state index in [0.717, 1.165) is 0 Å². The quantitative estimate of drug-likeness (QED) is 0.680. The fourth-order valence-electron chi connectivity index (χ4n) is 2.86. The number of benzene rings is 3. The minimum absolute atomic E-state index is 0.0575. The molecule has 0 atom stereocenters. The van der Waals surface area contributed by atoms with Crippen LogP contribution in [-0.2, 0) is 4.57 Å². The first-order valence-corrected chi connectivity index (χ1v) is 9.11. The maximum absolute atomic E-state index is 14.3. The van der Waals surface area contributed by atoms with Gasteiger partial charge in [-0.15, -0.1) is 0 Å². The third kappa shape index (κ3) is 3.40. The fourth-order valence-corrected chi connectivity index (χ4v) is 3.86. The summed E-state index contributed by atoms with van der Waals surface area (Å²) in [5, 5.41) is -0.381. The summed E-state index contributed by atoms with van der Waals surface area (Å²) in [6.07, 6.45) is 0. The zero-order valence-corrected chi connectivity index (χ0v) is 14.2. The Bertz CT molecular complexity index is 929. The van der Waals surface area contributed by atoms with Crippen LogP contribution in [0.25, 0.3) is 22.3 Å². The van der Waals surface area contributed by atoms with E-state index in [4.69, 9.17) is 0 Å². The molecule has 3 aromatic carbocycles. The molecule has 3 aromatic rings. The van der Waals surface area contributed by atoms with Crippen LogP contribution in [-0.4, -0.2) is 9.79 Å². The van der Waals surface area contributed by atoms with Gasteiger partial charge in [-0.05, 0) is 24.6 Å². The van der Waals surface area contributed by atoms with Gasteiger partial charge in [0.2, 0.25) is 0 Å². The lowest BCUT2D eigenvalue weighted by atomic mass is 9.95. The minimum Gasteiger partial charge on any atom is -0.321 e. The van der Waals surface area contributed by atoms with Gasteiger partial charge in [0, 0.05) is 22.3 Å². The van der Waals surface area contributed by atoms with Crippen LogP contribution in [0.4, 0.5) is 8.78 Å². The molecule has 25 heavy (non-hydrogen) atoms. The molecule has 0 radical (unpaired) electrons. The average molecular weight is 360 g/mol. The smallest absolute Gasteiger partial charge is 0.321 e. The van der Waals surface area contributed by atoms with Crippen LogP contribution >= 0.6 is 7.60 Å². The third-order valence-electron chi connectivity index (χ3n) is 3.87. The van der Waals surface area contributed by atoms with Crippen molar-refractivity contribution in [3.8, 4) is 22.3 Å². The van der Waals surface area contributed by atoms with Crippen LogP contribution in [0.15, 0.2) is 60.7 Å². The molecule has 0 unspecified atom stereocenters. The summed E-state index contributed by atoms with van der Waals surface area (Å²) >= 11 is 0.